The van der Waals surface area contributed by atoms with Crippen molar-refractivity contribution < 1.29 is 28.7 Å². The van der Waals surface area contributed by atoms with Gasteiger partial charge in [-0.25, -0.2) is 19.6 Å². The highest BCUT2D eigenvalue weighted by atomic mass is 16.5. The molecule has 16 heteroatoms. The second-order valence-corrected chi connectivity index (χ2v) is 14.6. The summed E-state index contributed by atoms with van der Waals surface area (Å²) in [5, 5.41) is 5.37. The number of benzene rings is 1. The van der Waals surface area contributed by atoms with E-state index in [2.05, 4.69) is 30.6 Å². The van der Waals surface area contributed by atoms with Crippen LogP contribution in [0.5, 0.6) is 0 Å². The lowest BCUT2D eigenvalue weighted by atomic mass is 10.0. The molecule has 0 aliphatic carbocycles. The van der Waals surface area contributed by atoms with Crippen LogP contribution in [-0.4, -0.2) is 103 Å². The van der Waals surface area contributed by atoms with Gasteiger partial charge >= 0.3 is 12.2 Å². The zero-order valence-corrected chi connectivity index (χ0v) is 31.7. The number of aromatic amines is 2. The van der Waals surface area contributed by atoms with Crippen LogP contribution in [0.4, 0.5) is 9.59 Å². The Morgan fingerprint density at radius 1 is 0.778 bits per heavy atom. The summed E-state index contributed by atoms with van der Waals surface area (Å²) in [5.74, 6) is 0.930. The third-order valence-electron chi connectivity index (χ3n) is 10.3. The molecule has 4 unspecified atom stereocenters. The molecule has 0 spiro atoms. The van der Waals surface area contributed by atoms with Gasteiger partial charge in [0, 0.05) is 36.7 Å². The molecule has 16 nitrogen and oxygen atoms in total. The number of methoxy groups -OCH3 is 2. The summed E-state index contributed by atoms with van der Waals surface area (Å²) in [4.78, 5) is 80.2. The number of rotatable bonds is 12. The minimum Gasteiger partial charge on any atom is -0.453 e. The second-order valence-electron chi connectivity index (χ2n) is 14.6. The number of fused-ring (bicyclic) bond motifs is 1. The maximum absolute atomic E-state index is 13.6. The number of aryl methyl sites for hydroxylation is 2. The van der Waals surface area contributed by atoms with E-state index in [0.29, 0.717) is 31.8 Å². The number of H-pyrrole nitrogens is 2. The third kappa shape index (κ3) is 8.31. The highest BCUT2D eigenvalue weighted by Crippen LogP contribution is 2.34. The first-order valence-corrected chi connectivity index (χ1v) is 18.6. The Morgan fingerprint density at radius 2 is 1.39 bits per heavy atom. The van der Waals surface area contributed by atoms with E-state index in [4.69, 9.17) is 19.4 Å². The third-order valence-corrected chi connectivity index (χ3v) is 10.3. The smallest absolute Gasteiger partial charge is 0.407 e. The maximum Gasteiger partial charge on any atom is 0.407 e. The average Bonchev–Trinajstić information content (AvgIpc) is 4.00. The van der Waals surface area contributed by atoms with E-state index in [0.717, 1.165) is 65.2 Å². The number of nitrogens with zero attached hydrogens (tertiary/aromatic N) is 6. The van der Waals surface area contributed by atoms with Gasteiger partial charge in [-0.15, -0.1) is 0 Å². The zero-order chi connectivity index (χ0) is 38.5. The molecule has 3 aromatic heterocycles. The molecule has 0 saturated carbocycles. The van der Waals surface area contributed by atoms with Gasteiger partial charge in [0.05, 0.1) is 54.9 Å². The lowest BCUT2D eigenvalue weighted by Crippen LogP contribution is -2.51. The van der Waals surface area contributed by atoms with Gasteiger partial charge < -0.3 is 39.9 Å². The van der Waals surface area contributed by atoms with Gasteiger partial charge in [-0.05, 0) is 62.5 Å². The SMILES string of the molecule is COC(=O)NC(C(=O)N1CCCC1c1ncc(CCc2cnc(-c3ccc4nc(C5CCCN5C(=O)C(NC(=O)OC)C(C)C)[nH]c4c3)cn2)[nH]1)C(C)C. The Hall–Kier alpha value is -5.54. The summed E-state index contributed by atoms with van der Waals surface area (Å²) in [6, 6.07) is 4.08. The number of likely N-dealkylation sites (tertiary alicyclic amines) is 2. The van der Waals surface area contributed by atoms with Crippen LogP contribution in [0.3, 0.4) is 0 Å². The second kappa shape index (κ2) is 16.6. The van der Waals surface area contributed by atoms with Crippen LogP contribution in [0.15, 0.2) is 36.8 Å². The normalized spacial score (nSPS) is 18.3. The van der Waals surface area contributed by atoms with E-state index in [1.54, 1.807) is 28.4 Å². The predicted molar refractivity (Wildman–Crippen MR) is 199 cm³/mol. The van der Waals surface area contributed by atoms with E-state index in [9.17, 15) is 19.2 Å². The van der Waals surface area contributed by atoms with Crippen LogP contribution >= 0.6 is 0 Å². The molecular formula is C38H50N10O6. The van der Waals surface area contributed by atoms with E-state index in [-0.39, 0.29) is 35.7 Å². The Bertz CT molecular complexity index is 1960. The fraction of sp³-hybridized carbons (Fsp3) is 0.526. The predicted octanol–water partition coefficient (Wildman–Crippen LogP) is 4.62. The quantitative estimate of drug-likeness (QED) is 0.159. The van der Waals surface area contributed by atoms with Crippen molar-refractivity contribution >= 4 is 35.0 Å². The first kappa shape index (κ1) is 38.2. The zero-order valence-electron chi connectivity index (χ0n) is 31.7. The number of carbonyl (C=O) groups excluding carboxylic acids is 4. The lowest BCUT2D eigenvalue weighted by Gasteiger charge is -2.30. The molecule has 4 atom stereocenters. The van der Waals surface area contributed by atoms with Crippen LogP contribution in [0.1, 0.15) is 88.5 Å². The number of alkyl carbamates (subject to hydrolysis) is 2. The molecule has 5 heterocycles. The first-order valence-electron chi connectivity index (χ1n) is 18.6. The number of hydrogen-bond donors (Lipinski definition) is 4. The Morgan fingerprint density at radius 3 is 1.94 bits per heavy atom. The highest BCUT2D eigenvalue weighted by Gasteiger charge is 2.39. The number of nitrogens with one attached hydrogen (secondary N) is 4. The van der Waals surface area contributed by atoms with Crippen molar-refractivity contribution in [2.45, 2.75) is 90.4 Å². The van der Waals surface area contributed by atoms with Crippen LogP contribution < -0.4 is 10.6 Å². The van der Waals surface area contributed by atoms with E-state index >= 15 is 0 Å². The summed E-state index contributed by atoms with van der Waals surface area (Å²) in [7, 11) is 2.57. The molecule has 4 N–H and O–H groups in total. The van der Waals surface area contributed by atoms with Crippen molar-refractivity contribution in [2.75, 3.05) is 27.3 Å². The van der Waals surface area contributed by atoms with Crippen molar-refractivity contribution in [1.82, 2.24) is 50.3 Å². The number of ether oxygens (including phenoxy) is 2. The van der Waals surface area contributed by atoms with E-state index in [1.807, 2.05) is 45.9 Å². The summed E-state index contributed by atoms with van der Waals surface area (Å²) < 4.78 is 9.49. The minimum atomic E-state index is -0.700. The number of amides is 4. The molecule has 2 aliphatic heterocycles. The molecular weight excluding hydrogens is 692 g/mol. The lowest BCUT2D eigenvalue weighted by molar-refractivity contribution is -0.136. The monoisotopic (exact) mass is 742 g/mol. The van der Waals surface area contributed by atoms with Crippen molar-refractivity contribution in [3.05, 3.63) is 59.8 Å². The van der Waals surface area contributed by atoms with Crippen molar-refractivity contribution in [2.24, 2.45) is 11.8 Å². The molecule has 2 fully saturated rings. The number of aromatic nitrogens is 6. The average molecular weight is 743 g/mol. The molecule has 0 bridgehead atoms. The Kier molecular flexibility index (Phi) is 11.8. The number of hydrogen-bond acceptors (Lipinski definition) is 10. The topological polar surface area (TPSA) is 200 Å². The summed E-state index contributed by atoms with van der Waals surface area (Å²) in [6.07, 6.45) is 8.64. The Balaban J connectivity index is 1.08. The largest absolute Gasteiger partial charge is 0.453 e. The van der Waals surface area contributed by atoms with Crippen molar-refractivity contribution in [1.29, 1.82) is 0 Å². The van der Waals surface area contributed by atoms with Gasteiger partial charge in [0.2, 0.25) is 11.8 Å². The standard InChI is InChI=1S/C38H50N10O6/c1-21(2)31(45-37(51)53-5)35(49)47-15-7-9-29(47)33-41-19-25(42-33)13-12-24-18-40-28(20-39-24)23-11-14-26-27(17-23)44-34(43-26)30-10-8-16-48(30)36(50)32(22(3)4)46-38(52)54-6/h11,14,17-22,29-32H,7-10,12-13,15-16H2,1-6H3,(H,41,42)(H,43,44)(H,45,51)(H,46,52). The van der Waals surface area contributed by atoms with Crippen molar-refractivity contribution in [3.63, 3.8) is 0 Å². The van der Waals surface area contributed by atoms with Gasteiger partial charge in [-0.1, -0.05) is 33.8 Å². The van der Waals surface area contributed by atoms with Gasteiger partial charge in [-0.2, -0.15) is 0 Å². The fourth-order valence-electron chi connectivity index (χ4n) is 7.30. The molecule has 4 aromatic rings. The van der Waals surface area contributed by atoms with Gasteiger partial charge in [-0.3, -0.25) is 19.6 Å². The summed E-state index contributed by atoms with van der Waals surface area (Å²) >= 11 is 0. The summed E-state index contributed by atoms with van der Waals surface area (Å²) in [6.45, 7) is 8.76. The molecule has 2 saturated heterocycles. The van der Waals surface area contributed by atoms with Crippen LogP contribution in [0, 0.1) is 11.8 Å². The molecule has 2 aliphatic rings. The van der Waals surface area contributed by atoms with Crippen molar-refractivity contribution in [3.8, 4) is 11.3 Å². The van der Waals surface area contributed by atoms with E-state index in [1.165, 1.54) is 14.2 Å². The molecule has 6 rings (SSSR count). The van der Waals surface area contributed by atoms with Gasteiger partial charge in [0.15, 0.2) is 0 Å². The molecule has 288 valence electrons. The molecule has 1 aromatic carbocycles. The molecule has 4 amide bonds. The molecule has 54 heavy (non-hydrogen) atoms. The number of carbonyl (C=O) groups is 4. The fourth-order valence-corrected chi connectivity index (χ4v) is 7.30. The van der Waals surface area contributed by atoms with Crippen LogP contribution in [-0.2, 0) is 31.9 Å². The maximum atomic E-state index is 13.6. The molecule has 0 radical (unpaired) electrons. The van der Waals surface area contributed by atoms with Gasteiger partial charge in [0.1, 0.15) is 23.7 Å². The Labute approximate surface area is 314 Å². The summed E-state index contributed by atoms with van der Waals surface area (Å²) in [5.41, 5.74) is 4.99. The van der Waals surface area contributed by atoms with E-state index < -0.39 is 24.3 Å². The first-order chi connectivity index (χ1) is 26.0. The van der Waals surface area contributed by atoms with Crippen LogP contribution in [0.25, 0.3) is 22.3 Å². The highest BCUT2D eigenvalue weighted by molar-refractivity contribution is 5.87. The van der Waals surface area contributed by atoms with Crippen LogP contribution in [0.2, 0.25) is 0 Å². The van der Waals surface area contributed by atoms with Gasteiger partial charge in [0.25, 0.3) is 0 Å². The number of imidazole rings is 2. The minimum absolute atomic E-state index is 0.104.